The molecule has 0 radical (unpaired) electrons. The SMILES string of the molecule is COc1cc(C=C2SC(=N)NC2=O)cc(I)c1OS(=O)(=O)c1ccc(C)cc1. The van der Waals surface area contributed by atoms with Crippen molar-refractivity contribution in [1.29, 1.82) is 5.41 Å². The monoisotopic (exact) mass is 530 g/mol. The molecule has 0 bridgehead atoms. The second-order valence-electron chi connectivity index (χ2n) is 5.78. The summed E-state index contributed by atoms with van der Waals surface area (Å²) in [5.74, 6) is -0.0683. The van der Waals surface area contributed by atoms with Crippen LogP contribution in [-0.2, 0) is 14.9 Å². The van der Waals surface area contributed by atoms with Gasteiger partial charge in [-0.2, -0.15) is 8.42 Å². The molecular weight excluding hydrogens is 515 g/mol. The van der Waals surface area contributed by atoms with Gasteiger partial charge in [0.15, 0.2) is 16.7 Å². The number of rotatable bonds is 5. The smallest absolute Gasteiger partial charge is 0.339 e. The lowest BCUT2D eigenvalue weighted by molar-refractivity contribution is -0.115. The second kappa shape index (κ2) is 8.13. The molecule has 0 saturated carbocycles. The minimum Gasteiger partial charge on any atom is -0.493 e. The Bertz CT molecular complexity index is 1100. The van der Waals surface area contributed by atoms with E-state index in [2.05, 4.69) is 5.32 Å². The van der Waals surface area contributed by atoms with E-state index < -0.39 is 10.1 Å². The molecule has 0 atom stereocenters. The minimum atomic E-state index is -4.03. The highest BCUT2D eigenvalue weighted by atomic mass is 127. The first-order chi connectivity index (χ1) is 13.2. The van der Waals surface area contributed by atoms with Gasteiger partial charge in [-0.05, 0) is 77.2 Å². The Morgan fingerprint density at radius 2 is 1.89 bits per heavy atom. The fourth-order valence-corrected chi connectivity index (χ4v) is 4.90. The van der Waals surface area contributed by atoms with Gasteiger partial charge in [0, 0.05) is 0 Å². The van der Waals surface area contributed by atoms with Crippen molar-refractivity contribution in [2.45, 2.75) is 11.8 Å². The van der Waals surface area contributed by atoms with Gasteiger partial charge in [0.05, 0.1) is 15.6 Å². The summed E-state index contributed by atoms with van der Waals surface area (Å²) in [4.78, 5) is 12.2. The van der Waals surface area contributed by atoms with Crippen molar-refractivity contribution >= 4 is 61.6 Å². The molecule has 1 amide bonds. The van der Waals surface area contributed by atoms with Gasteiger partial charge in [-0.3, -0.25) is 10.2 Å². The highest BCUT2D eigenvalue weighted by Crippen LogP contribution is 2.37. The average Bonchev–Trinajstić information content (AvgIpc) is 2.94. The first-order valence-corrected chi connectivity index (χ1v) is 11.2. The zero-order valence-corrected chi connectivity index (χ0v) is 18.6. The summed E-state index contributed by atoms with van der Waals surface area (Å²) in [7, 11) is -2.63. The number of hydrogen-bond donors (Lipinski definition) is 2. The number of ether oxygens (including phenoxy) is 1. The van der Waals surface area contributed by atoms with Crippen LogP contribution >= 0.6 is 34.4 Å². The van der Waals surface area contributed by atoms with Crippen LogP contribution in [0.15, 0.2) is 46.2 Å². The van der Waals surface area contributed by atoms with Crippen molar-refractivity contribution in [2.24, 2.45) is 0 Å². The van der Waals surface area contributed by atoms with Crippen molar-refractivity contribution in [2.75, 3.05) is 7.11 Å². The number of methoxy groups -OCH3 is 1. The van der Waals surface area contributed by atoms with E-state index in [9.17, 15) is 13.2 Å². The van der Waals surface area contributed by atoms with Gasteiger partial charge in [0.25, 0.3) is 5.91 Å². The van der Waals surface area contributed by atoms with E-state index in [1.165, 1.54) is 19.2 Å². The van der Waals surface area contributed by atoms with Crippen LogP contribution in [0.3, 0.4) is 0 Å². The van der Waals surface area contributed by atoms with E-state index in [0.29, 0.717) is 14.0 Å². The number of nitrogens with one attached hydrogen (secondary N) is 2. The molecule has 28 heavy (non-hydrogen) atoms. The van der Waals surface area contributed by atoms with E-state index in [1.807, 2.05) is 29.5 Å². The van der Waals surface area contributed by atoms with Gasteiger partial charge in [0.2, 0.25) is 0 Å². The number of amidine groups is 1. The van der Waals surface area contributed by atoms with Crippen molar-refractivity contribution < 1.29 is 22.1 Å². The number of carbonyl (C=O) groups excluding carboxylic acids is 1. The Morgan fingerprint density at radius 1 is 1.21 bits per heavy atom. The van der Waals surface area contributed by atoms with Gasteiger partial charge in [-0.15, -0.1) is 0 Å². The quantitative estimate of drug-likeness (QED) is 0.348. The van der Waals surface area contributed by atoms with Crippen LogP contribution in [0.1, 0.15) is 11.1 Å². The molecule has 0 aliphatic carbocycles. The molecule has 0 aromatic heterocycles. The maximum Gasteiger partial charge on any atom is 0.339 e. The Hall–Kier alpha value is -2.05. The van der Waals surface area contributed by atoms with Gasteiger partial charge in [-0.1, -0.05) is 17.7 Å². The fraction of sp³-hybridized carbons (Fsp3) is 0.111. The summed E-state index contributed by atoms with van der Waals surface area (Å²) in [6, 6.07) is 9.59. The van der Waals surface area contributed by atoms with Gasteiger partial charge in [-0.25, -0.2) is 0 Å². The van der Waals surface area contributed by atoms with Crippen molar-refractivity contribution in [3.8, 4) is 11.5 Å². The molecule has 2 N–H and O–H groups in total. The zero-order chi connectivity index (χ0) is 20.5. The molecule has 0 spiro atoms. The van der Waals surface area contributed by atoms with E-state index in [0.717, 1.165) is 17.3 Å². The molecule has 10 heteroatoms. The van der Waals surface area contributed by atoms with Crippen LogP contribution in [0.4, 0.5) is 0 Å². The fourth-order valence-electron chi connectivity index (χ4n) is 2.36. The van der Waals surface area contributed by atoms with E-state index in [1.54, 1.807) is 30.3 Å². The number of benzene rings is 2. The molecular formula is C18H15IN2O5S2. The zero-order valence-electron chi connectivity index (χ0n) is 14.8. The average molecular weight is 530 g/mol. The number of halogens is 1. The van der Waals surface area contributed by atoms with E-state index in [4.69, 9.17) is 14.3 Å². The van der Waals surface area contributed by atoms with Crippen LogP contribution in [0.25, 0.3) is 6.08 Å². The first-order valence-electron chi connectivity index (χ1n) is 7.88. The third kappa shape index (κ3) is 4.50. The molecule has 1 aliphatic heterocycles. The number of thioether (sulfide) groups is 1. The van der Waals surface area contributed by atoms with Crippen LogP contribution in [0, 0.1) is 15.9 Å². The molecule has 2 aromatic rings. The van der Waals surface area contributed by atoms with Crippen LogP contribution in [0.2, 0.25) is 0 Å². The minimum absolute atomic E-state index is 0.0414. The number of aryl methyl sites for hydroxylation is 1. The maximum absolute atomic E-state index is 12.6. The highest BCUT2D eigenvalue weighted by molar-refractivity contribution is 14.1. The normalized spacial score (nSPS) is 15.6. The predicted molar refractivity (Wildman–Crippen MR) is 116 cm³/mol. The van der Waals surface area contributed by atoms with Crippen molar-refractivity contribution in [1.82, 2.24) is 5.32 Å². The van der Waals surface area contributed by atoms with E-state index >= 15 is 0 Å². The molecule has 1 aliphatic rings. The van der Waals surface area contributed by atoms with Crippen LogP contribution in [-0.4, -0.2) is 26.6 Å². The Kier molecular flexibility index (Phi) is 6.01. The summed E-state index contributed by atoms with van der Waals surface area (Å²) in [5.41, 5.74) is 1.55. The molecule has 0 unspecified atom stereocenters. The summed E-state index contributed by atoms with van der Waals surface area (Å²) in [6.45, 7) is 1.86. The summed E-state index contributed by atoms with van der Waals surface area (Å²) in [5, 5.41) is 9.96. The van der Waals surface area contributed by atoms with Gasteiger partial charge in [0.1, 0.15) is 4.90 Å². The van der Waals surface area contributed by atoms with Crippen molar-refractivity contribution in [3.63, 3.8) is 0 Å². The Labute approximate surface area is 180 Å². The van der Waals surface area contributed by atoms with E-state index in [-0.39, 0.29) is 27.5 Å². The number of hydrogen-bond acceptors (Lipinski definition) is 7. The summed E-state index contributed by atoms with van der Waals surface area (Å²) >= 11 is 2.96. The molecule has 146 valence electrons. The lowest BCUT2D eigenvalue weighted by atomic mass is 10.2. The predicted octanol–water partition coefficient (Wildman–Crippen LogP) is 3.51. The molecule has 2 aromatic carbocycles. The molecule has 3 rings (SSSR count). The highest BCUT2D eigenvalue weighted by Gasteiger charge is 2.24. The molecule has 1 saturated heterocycles. The van der Waals surface area contributed by atoms with Gasteiger partial charge < -0.3 is 14.2 Å². The molecule has 1 heterocycles. The number of amides is 1. The topological polar surface area (TPSA) is 106 Å². The third-order valence-corrected chi connectivity index (χ3v) is 6.58. The Balaban J connectivity index is 1.96. The number of carbonyl (C=O) groups is 1. The Morgan fingerprint density at radius 3 is 2.46 bits per heavy atom. The standard InChI is InChI=1S/C18H15IN2O5S2/c1-10-3-5-12(6-4-10)28(23,24)26-16-13(19)7-11(8-14(16)25-2)9-15-17(22)21-18(20)27-15/h3-9H,1-2H3,(H2,20,21,22). The first kappa shape index (κ1) is 20.7. The summed E-state index contributed by atoms with van der Waals surface area (Å²) in [6.07, 6.45) is 1.60. The lowest BCUT2D eigenvalue weighted by Crippen LogP contribution is -2.18. The summed E-state index contributed by atoms with van der Waals surface area (Å²) < 4.78 is 36.4. The maximum atomic E-state index is 12.6. The van der Waals surface area contributed by atoms with Crippen LogP contribution < -0.4 is 14.2 Å². The van der Waals surface area contributed by atoms with Crippen molar-refractivity contribution in [3.05, 3.63) is 56.0 Å². The largest absolute Gasteiger partial charge is 0.493 e. The third-order valence-electron chi connectivity index (χ3n) is 3.72. The lowest BCUT2D eigenvalue weighted by Gasteiger charge is -2.13. The molecule has 7 nitrogen and oxygen atoms in total. The molecule has 1 fully saturated rings. The van der Waals surface area contributed by atoms with Crippen LogP contribution in [0.5, 0.6) is 11.5 Å². The second-order valence-corrected chi connectivity index (χ2v) is 9.54. The van der Waals surface area contributed by atoms with Gasteiger partial charge >= 0.3 is 10.1 Å².